The van der Waals surface area contributed by atoms with Crippen molar-refractivity contribution in [2.75, 3.05) is 27.3 Å². The van der Waals surface area contributed by atoms with Crippen molar-refractivity contribution in [1.82, 2.24) is 5.32 Å². The molecule has 0 aliphatic carbocycles. The van der Waals surface area contributed by atoms with Crippen LogP contribution in [0.25, 0.3) is 0 Å². The van der Waals surface area contributed by atoms with Crippen molar-refractivity contribution in [3.63, 3.8) is 0 Å². The van der Waals surface area contributed by atoms with Crippen LogP contribution in [0, 0.1) is 0 Å². The zero-order valence-corrected chi connectivity index (χ0v) is 7.82. The van der Waals surface area contributed by atoms with Crippen LogP contribution in [-0.4, -0.2) is 50.7 Å². The Morgan fingerprint density at radius 2 is 2.00 bits per heavy atom. The lowest BCUT2D eigenvalue weighted by Crippen LogP contribution is -2.40. The van der Waals surface area contributed by atoms with Crippen molar-refractivity contribution >= 4 is 5.91 Å². The fraction of sp³-hybridized carbons (Fsp3) is 0.857. The molecule has 0 aromatic heterocycles. The highest BCUT2D eigenvalue weighted by atomic mass is 16.7. The van der Waals surface area contributed by atoms with Crippen LogP contribution in [0.2, 0.25) is 0 Å². The molecule has 0 aliphatic heterocycles. The number of aliphatic hydroxyl groups is 1. The summed E-state index contributed by atoms with van der Waals surface area (Å²) in [6.45, 7) is 0.482. The minimum atomic E-state index is -1.17. The quantitative estimate of drug-likeness (QED) is 0.407. The number of carbonyl (C=O) groups excluding carboxylic acids is 1. The summed E-state index contributed by atoms with van der Waals surface area (Å²) in [6, 6.07) is 0. The second kappa shape index (κ2) is 6.79. The fourth-order valence-electron chi connectivity index (χ4n) is 0.701. The van der Waals surface area contributed by atoms with Gasteiger partial charge in [-0.25, -0.2) is 0 Å². The van der Waals surface area contributed by atoms with Crippen LogP contribution in [-0.2, 0) is 14.3 Å². The van der Waals surface area contributed by atoms with Crippen LogP contribution in [0.3, 0.4) is 0 Å². The molecule has 1 unspecified atom stereocenters. The van der Waals surface area contributed by atoms with Gasteiger partial charge in [-0.2, -0.15) is 0 Å². The van der Waals surface area contributed by atoms with Gasteiger partial charge in [0, 0.05) is 27.3 Å². The van der Waals surface area contributed by atoms with Crippen LogP contribution in [0.1, 0.15) is 0 Å². The molecular formula is C7H16N2O4. The van der Waals surface area contributed by atoms with E-state index in [1.165, 1.54) is 14.2 Å². The van der Waals surface area contributed by atoms with Gasteiger partial charge in [0.05, 0.1) is 0 Å². The Morgan fingerprint density at radius 3 is 2.38 bits per heavy atom. The first-order chi connectivity index (χ1) is 6.11. The number of hydrogen-bond donors (Lipinski definition) is 3. The molecule has 0 fully saturated rings. The summed E-state index contributed by atoms with van der Waals surface area (Å²) in [5.41, 5.74) is 4.83. The molecule has 13 heavy (non-hydrogen) atoms. The molecule has 1 atom stereocenters. The van der Waals surface area contributed by atoms with Gasteiger partial charge in [0.2, 0.25) is 5.91 Å². The number of aliphatic hydroxyl groups excluding tert-OH is 1. The third-order valence-electron chi connectivity index (χ3n) is 1.50. The van der Waals surface area contributed by atoms with Crippen LogP contribution >= 0.6 is 0 Å². The molecule has 6 nitrogen and oxygen atoms in total. The van der Waals surface area contributed by atoms with Crippen molar-refractivity contribution in [2.45, 2.75) is 12.4 Å². The molecule has 0 saturated carbocycles. The lowest BCUT2D eigenvalue weighted by Gasteiger charge is -2.14. The van der Waals surface area contributed by atoms with E-state index in [0.717, 1.165) is 0 Å². The molecule has 0 rings (SSSR count). The SMILES string of the molecule is COC(CNCC(O)C(N)=O)OC. The Kier molecular flexibility index (Phi) is 6.43. The number of rotatable bonds is 7. The van der Waals surface area contributed by atoms with Gasteiger partial charge in [-0.15, -0.1) is 0 Å². The van der Waals surface area contributed by atoms with Crippen LogP contribution < -0.4 is 11.1 Å². The van der Waals surface area contributed by atoms with Crippen LogP contribution in [0.5, 0.6) is 0 Å². The monoisotopic (exact) mass is 192 g/mol. The Bertz CT molecular complexity index is 149. The highest BCUT2D eigenvalue weighted by molar-refractivity contribution is 5.78. The zero-order valence-electron chi connectivity index (χ0n) is 7.82. The van der Waals surface area contributed by atoms with Crippen molar-refractivity contribution in [3.05, 3.63) is 0 Å². The van der Waals surface area contributed by atoms with E-state index < -0.39 is 12.0 Å². The van der Waals surface area contributed by atoms with Gasteiger partial charge in [-0.05, 0) is 0 Å². The standard InChI is InChI=1S/C7H16N2O4/c1-12-6(13-2)4-9-3-5(10)7(8)11/h5-6,9-10H,3-4H2,1-2H3,(H2,8,11). The molecule has 0 spiro atoms. The summed E-state index contributed by atoms with van der Waals surface area (Å²) >= 11 is 0. The van der Waals surface area contributed by atoms with Gasteiger partial charge in [-0.1, -0.05) is 0 Å². The molecule has 0 aromatic rings. The Labute approximate surface area is 77.0 Å². The molecule has 0 bridgehead atoms. The van der Waals surface area contributed by atoms with E-state index >= 15 is 0 Å². The summed E-state index contributed by atoms with van der Waals surface area (Å²) in [7, 11) is 3.00. The van der Waals surface area contributed by atoms with Crippen molar-refractivity contribution < 1.29 is 19.4 Å². The summed E-state index contributed by atoms with van der Waals surface area (Å²) in [6.07, 6.45) is -1.56. The third-order valence-corrected chi connectivity index (χ3v) is 1.50. The first-order valence-corrected chi connectivity index (χ1v) is 3.85. The highest BCUT2D eigenvalue weighted by Crippen LogP contribution is 1.87. The lowest BCUT2D eigenvalue weighted by atomic mass is 10.3. The van der Waals surface area contributed by atoms with Crippen molar-refractivity contribution in [3.8, 4) is 0 Å². The Hall–Kier alpha value is -0.690. The summed E-state index contributed by atoms with van der Waals surface area (Å²) in [5.74, 6) is -0.751. The van der Waals surface area contributed by atoms with Gasteiger partial charge >= 0.3 is 0 Å². The average Bonchev–Trinajstić information content (AvgIpc) is 2.12. The smallest absolute Gasteiger partial charge is 0.247 e. The molecule has 1 amide bonds. The number of carbonyl (C=O) groups is 1. The summed E-state index contributed by atoms with van der Waals surface area (Å²) in [5, 5.41) is 11.7. The van der Waals surface area contributed by atoms with E-state index in [4.69, 9.17) is 20.3 Å². The van der Waals surface area contributed by atoms with E-state index in [2.05, 4.69) is 5.32 Å². The molecule has 0 aromatic carbocycles. The van der Waals surface area contributed by atoms with Gasteiger partial charge in [0.1, 0.15) is 6.10 Å². The predicted molar refractivity (Wildman–Crippen MR) is 45.9 cm³/mol. The molecule has 0 radical (unpaired) electrons. The van der Waals surface area contributed by atoms with Gasteiger partial charge < -0.3 is 25.6 Å². The highest BCUT2D eigenvalue weighted by Gasteiger charge is 2.11. The molecule has 78 valence electrons. The Balaban J connectivity index is 3.48. The number of hydrogen-bond acceptors (Lipinski definition) is 5. The average molecular weight is 192 g/mol. The first kappa shape index (κ1) is 12.3. The van der Waals surface area contributed by atoms with E-state index in [1.54, 1.807) is 0 Å². The van der Waals surface area contributed by atoms with E-state index in [1.807, 2.05) is 0 Å². The number of amides is 1. The summed E-state index contributed by atoms with van der Waals surface area (Å²) < 4.78 is 9.72. The largest absolute Gasteiger partial charge is 0.382 e. The van der Waals surface area contributed by atoms with Crippen LogP contribution in [0.15, 0.2) is 0 Å². The molecule has 4 N–H and O–H groups in total. The predicted octanol–water partition coefficient (Wildman–Crippen LogP) is -1.96. The second-order valence-corrected chi connectivity index (χ2v) is 2.48. The van der Waals surface area contributed by atoms with E-state index in [-0.39, 0.29) is 12.8 Å². The maximum Gasteiger partial charge on any atom is 0.247 e. The number of nitrogens with one attached hydrogen (secondary N) is 1. The molecule has 0 saturated heterocycles. The maximum atomic E-state index is 10.4. The normalized spacial score (nSPS) is 13.2. The van der Waals surface area contributed by atoms with Gasteiger partial charge in [0.25, 0.3) is 0 Å². The number of ether oxygens (including phenoxy) is 2. The topological polar surface area (TPSA) is 93.8 Å². The minimum absolute atomic E-state index is 0.0958. The maximum absolute atomic E-state index is 10.4. The number of nitrogens with two attached hydrogens (primary N) is 1. The molecule has 6 heteroatoms. The molecule has 0 heterocycles. The number of primary amides is 1. The fourth-order valence-corrected chi connectivity index (χ4v) is 0.701. The Morgan fingerprint density at radius 1 is 1.46 bits per heavy atom. The van der Waals surface area contributed by atoms with Crippen molar-refractivity contribution in [1.29, 1.82) is 0 Å². The number of methoxy groups -OCH3 is 2. The van der Waals surface area contributed by atoms with Crippen LogP contribution in [0.4, 0.5) is 0 Å². The van der Waals surface area contributed by atoms with Gasteiger partial charge in [0.15, 0.2) is 6.29 Å². The van der Waals surface area contributed by atoms with E-state index in [9.17, 15) is 4.79 Å². The molecule has 0 aliphatic rings. The van der Waals surface area contributed by atoms with Crippen molar-refractivity contribution in [2.24, 2.45) is 5.73 Å². The van der Waals surface area contributed by atoms with E-state index in [0.29, 0.717) is 6.54 Å². The minimum Gasteiger partial charge on any atom is -0.382 e. The lowest BCUT2D eigenvalue weighted by molar-refractivity contribution is -0.126. The molecular weight excluding hydrogens is 176 g/mol. The zero-order chi connectivity index (χ0) is 10.3. The summed E-state index contributed by atoms with van der Waals surface area (Å²) in [4.78, 5) is 10.4. The van der Waals surface area contributed by atoms with Gasteiger partial charge in [-0.3, -0.25) is 4.79 Å². The first-order valence-electron chi connectivity index (χ1n) is 3.85. The second-order valence-electron chi connectivity index (χ2n) is 2.48. The third kappa shape index (κ3) is 5.53.